The van der Waals surface area contributed by atoms with Gasteiger partial charge in [0, 0.05) is 25.8 Å². The van der Waals surface area contributed by atoms with Crippen LogP contribution in [0.4, 0.5) is 4.39 Å². The zero-order chi connectivity index (χ0) is 17.1. The SMILES string of the molecule is O=C(NN1CCCC1=O)C1=NN(Cc2ccc(F)cc2)C(=O)CC1. The van der Waals surface area contributed by atoms with Crippen LogP contribution in [0, 0.1) is 5.82 Å². The number of hydrogen-bond donors (Lipinski definition) is 1. The highest BCUT2D eigenvalue weighted by Crippen LogP contribution is 2.15. The average Bonchev–Trinajstić information content (AvgIpc) is 2.96. The molecule has 1 saturated heterocycles. The maximum Gasteiger partial charge on any atom is 0.286 e. The number of amides is 3. The molecular formula is C16H17FN4O3. The Morgan fingerprint density at radius 1 is 1.12 bits per heavy atom. The lowest BCUT2D eigenvalue weighted by Crippen LogP contribution is -2.47. The molecule has 1 aromatic rings. The monoisotopic (exact) mass is 332 g/mol. The molecule has 126 valence electrons. The van der Waals surface area contributed by atoms with Crippen LogP contribution in [0.5, 0.6) is 0 Å². The van der Waals surface area contributed by atoms with Crippen molar-refractivity contribution < 1.29 is 18.8 Å². The van der Waals surface area contributed by atoms with Crippen molar-refractivity contribution in [3.8, 4) is 0 Å². The van der Waals surface area contributed by atoms with Crippen LogP contribution in [-0.4, -0.2) is 40.0 Å². The molecule has 7 nitrogen and oxygen atoms in total. The summed E-state index contributed by atoms with van der Waals surface area (Å²) in [5.74, 6) is -1.16. The number of halogens is 1. The average molecular weight is 332 g/mol. The van der Waals surface area contributed by atoms with Gasteiger partial charge in [-0.3, -0.25) is 24.8 Å². The summed E-state index contributed by atoms with van der Waals surface area (Å²) in [6, 6.07) is 5.74. The molecule has 0 saturated carbocycles. The molecule has 1 fully saturated rings. The molecule has 0 unspecified atom stereocenters. The van der Waals surface area contributed by atoms with Crippen LogP contribution >= 0.6 is 0 Å². The summed E-state index contributed by atoms with van der Waals surface area (Å²) in [5.41, 5.74) is 3.45. The summed E-state index contributed by atoms with van der Waals surface area (Å²) in [4.78, 5) is 35.8. The molecule has 2 aliphatic rings. The zero-order valence-corrected chi connectivity index (χ0v) is 13.0. The predicted molar refractivity (Wildman–Crippen MR) is 82.7 cm³/mol. The number of benzene rings is 1. The first-order valence-corrected chi connectivity index (χ1v) is 7.76. The molecule has 0 spiro atoms. The first-order chi connectivity index (χ1) is 11.5. The molecule has 3 amide bonds. The lowest BCUT2D eigenvalue weighted by atomic mass is 10.1. The third-order valence-electron chi connectivity index (χ3n) is 3.92. The summed E-state index contributed by atoms with van der Waals surface area (Å²) in [7, 11) is 0. The normalized spacial score (nSPS) is 18.0. The third kappa shape index (κ3) is 3.58. The molecule has 2 heterocycles. The van der Waals surface area contributed by atoms with E-state index in [4.69, 9.17) is 0 Å². The molecular weight excluding hydrogens is 315 g/mol. The van der Waals surface area contributed by atoms with Crippen LogP contribution < -0.4 is 5.43 Å². The van der Waals surface area contributed by atoms with Crippen molar-refractivity contribution in [1.29, 1.82) is 0 Å². The molecule has 0 bridgehead atoms. The van der Waals surface area contributed by atoms with E-state index in [1.807, 2.05) is 0 Å². The Bertz CT molecular complexity index is 702. The number of rotatable bonds is 4. The Balaban J connectivity index is 1.69. The van der Waals surface area contributed by atoms with Crippen molar-refractivity contribution >= 4 is 23.4 Å². The van der Waals surface area contributed by atoms with Crippen molar-refractivity contribution in [1.82, 2.24) is 15.4 Å². The van der Waals surface area contributed by atoms with Gasteiger partial charge in [-0.1, -0.05) is 12.1 Å². The molecule has 0 atom stereocenters. The molecule has 0 aromatic heterocycles. The number of hydrogen-bond acceptors (Lipinski definition) is 4. The van der Waals surface area contributed by atoms with E-state index in [1.165, 1.54) is 22.2 Å². The largest absolute Gasteiger partial charge is 0.286 e. The summed E-state index contributed by atoms with van der Waals surface area (Å²) in [5, 5.41) is 6.59. The van der Waals surface area contributed by atoms with Crippen molar-refractivity contribution in [2.24, 2.45) is 5.10 Å². The van der Waals surface area contributed by atoms with Gasteiger partial charge in [0.15, 0.2) is 0 Å². The van der Waals surface area contributed by atoms with Gasteiger partial charge in [-0.2, -0.15) is 5.10 Å². The van der Waals surface area contributed by atoms with E-state index in [1.54, 1.807) is 12.1 Å². The number of nitrogens with zero attached hydrogens (tertiary/aromatic N) is 3. The highest BCUT2D eigenvalue weighted by atomic mass is 19.1. The van der Waals surface area contributed by atoms with Crippen molar-refractivity contribution in [2.75, 3.05) is 6.54 Å². The molecule has 1 aromatic carbocycles. The Hall–Kier alpha value is -2.77. The van der Waals surface area contributed by atoms with Crippen LogP contribution in [0.15, 0.2) is 29.4 Å². The minimum Gasteiger partial charge on any atom is -0.273 e. The van der Waals surface area contributed by atoms with Crippen LogP contribution in [0.25, 0.3) is 0 Å². The van der Waals surface area contributed by atoms with Crippen molar-refractivity contribution in [3.63, 3.8) is 0 Å². The van der Waals surface area contributed by atoms with E-state index in [2.05, 4.69) is 10.5 Å². The second kappa shape index (κ2) is 6.77. The highest BCUT2D eigenvalue weighted by molar-refractivity contribution is 6.39. The topological polar surface area (TPSA) is 82.1 Å². The lowest BCUT2D eigenvalue weighted by Gasteiger charge is -2.24. The smallest absolute Gasteiger partial charge is 0.273 e. The molecule has 8 heteroatoms. The molecule has 1 N–H and O–H groups in total. The number of hydrazine groups is 1. The lowest BCUT2D eigenvalue weighted by molar-refractivity contribution is -0.136. The Labute approximate surface area is 138 Å². The second-order valence-corrected chi connectivity index (χ2v) is 5.71. The molecule has 2 aliphatic heterocycles. The van der Waals surface area contributed by atoms with E-state index in [0.29, 0.717) is 24.9 Å². The van der Waals surface area contributed by atoms with E-state index in [0.717, 1.165) is 0 Å². The molecule has 0 aliphatic carbocycles. The van der Waals surface area contributed by atoms with Gasteiger partial charge >= 0.3 is 0 Å². The maximum atomic E-state index is 12.9. The summed E-state index contributed by atoms with van der Waals surface area (Å²) < 4.78 is 12.9. The van der Waals surface area contributed by atoms with E-state index in [9.17, 15) is 18.8 Å². The predicted octanol–water partition coefficient (Wildman–Crippen LogP) is 0.958. The Morgan fingerprint density at radius 3 is 2.54 bits per heavy atom. The van der Waals surface area contributed by atoms with Gasteiger partial charge in [-0.05, 0) is 24.1 Å². The first-order valence-electron chi connectivity index (χ1n) is 7.76. The fourth-order valence-electron chi connectivity index (χ4n) is 2.60. The summed E-state index contributed by atoms with van der Waals surface area (Å²) in [6.45, 7) is 0.647. The fourth-order valence-corrected chi connectivity index (χ4v) is 2.60. The summed E-state index contributed by atoms with van der Waals surface area (Å²) in [6.07, 6.45) is 1.52. The van der Waals surface area contributed by atoms with Crippen LogP contribution in [0.1, 0.15) is 31.2 Å². The number of carbonyl (C=O) groups excluding carboxylic acids is 3. The van der Waals surface area contributed by atoms with E-state index >= 15 is 0 Å². The quantitative estimate of drug-likeness (QED) is 0.891. The van der Waals surface area contributed by atoms with Crippen LogP contribution in [0.3, 0.4) is 0 Å². The van der Waals surface area contributed by atoms with Crippen molar-refractivity contribution in [3.05, 3.63) is 35.6 Å². The number of hydrazone groups is 1. The van der Waals surface area contributed by atoms with E-state index < -0.39 is 5.91 Å². The zero-order valence-electron chi connectivity index (χ0n) is 13.0. The minimum absolute atomic E-state index is 0.126. The second-order valence-electron chi connectivity index (χ2n) is 5.71. The molecule has 3 rings (SSSR count). The van der Waals surface area contributed by atoms with Gasteiger partial charge in [-0.25, -0.2) is 9.40 Å². The third-order valence-corrected chi connectivity index (χ3v) is 3.92. The van der Waals surface area contributed by atoms with Crippen molar-refractivity contribution in [2.45, 2.75) is 32.2 Å². The van der Waals surface area contributed by atoms with Gasteiger partial charge in [-0.15, -0.1) is 0 Å². The van der Waals surface area contributed by atoms with Gasteiger partial charge in [0.2, 0.25) is 11.8 Å². The number of nitrogens with one attached hydrogen (secondary N) is 1. The van der Waals surface area contributed by atoms with Crippen LogP contribution in [-0.2, 0) is 20.9 Å². The summed E-state index contributed by atoms with van der Waals surface area (Å²) >= 11 is 0. The molecule has 0 radical (unpaired) electrons. The van der Waals surface area contributed by atoms with Gasteiger partial charge < -0.3 is 0 Å². The van der Waals surface area contributed by atoms with E-state index in [-0.39, 0.29) is 42.7 Å². The minimum atomic E-state index is -0.471. The van der Waals surface area contributed by atoms with Gasteiger partial charge in [0.05, 0.1) is 6.54 Å². The fraction of sp³-hybridized carbons (Fsp3) is 0.375. The first kappa shape index (κ1) is 16.1. The highest BCUT2D eigenvalue weighted by Gasteiger charge is 2.28. The van der Waals surface area contributed by atoms with Gasteiger partial charge in [0.1, 0.15) is 11.5 Å². The Morgan fingerprint density at radius 2 is 1.88 bits per heavy atom. The number of carbonyl (C=O) groups is 3. The van der Waals surface area contributed by atoms with Gasteiger partial charge in [0.25, 0.3) is 5.91 Å². The van der Waals surface area contributed by atoms with Crippen LogP contribution in [0.2, 0.25) is 0 Å². The standard InChI is InChI=1S/C16H17FN4O3/c17-12-5-3-11(4-6-12)10-21-15(23)8-7-13(18-21)16(24)19-20-9-1-2-14(20)22/h3-6H,1-2,7-10H2,(H,19,24). The molecule has 24 heavy (non-hydrogen) atoms. The maximum absolute atomic E-state index is 12.9. The Kier molecular flexibility index (Phi) is 4.54.